The average Bonchev–Trinajstić information content (AvgIpc) is 3.68. The van der Waals surface area contributed by atoms with Crippen molar-refractivity contribution in [3.05, 3.63) is 29.7 Å². The zero-order chi connectivity index (χ0) is 24.2. The van der Waals surface area contributed by atoms with E-state index in [0.29, 0.717) is 11.8 Å². The molecular weight excluding hydrogens is 439 g/mol. The highest BCUT2D eigenvalue weighted by Crippen LogP contribution is 2.41. The highest BCUT2D eigenvalue weighted by Gasteiger charge is 2.42. The summed E-state index contributed by atoms with van der Waals surface area (Å²) in [4.78, 5) is 27.9. The van der Waals surface area contributed by atoms with Gasteiger partial charge in [-0.25, -0.2) is 14.2 Å². The van der Waals surface area contributed by atoms with Gasteiger partial charge in [-0.15, -0.1) is 0 Å². The molecule has 2 N–H and O–H groups in total. The Bertz CT molecular complexity index is 1030. The number of amides is 2. The van der Waals surface area contributed by atoms with Crippen LogP contribution in [-0.4, -0.2) is 65.3 Å². The highest BCUT2D eigenvalue weighted by atomic mass is 19.1. The van der Waals surface area contributed by atoms with Crippen LogP contribution < -0.4 is 19.9 Å². The zero-order valence-corrected chi connectivity index (χ0v) is 20.1. The van der Waals surface area contributed by atoms with Crippen LogP contribution in [0.4, 0.5) is 26.6 Å². The number of rotatable bonds is 11. The fraction of sp³-hybridized carbons (Fsp3) is 0.542. The van der Waals surface area contributed by atoms with Gasteiger partial charge in [0.2, 0.25) is 5.95 Å². The zero-order valence-electron chi connectivity index (χ0n) is 20.1. The Kier molecular flexibility index (Phi) is 7.35. The number of anilines is 3. The molecule has 1 fully saturated rings. The topological polar surface area (TPSA) is 94.1 Å². The molecule has 9 nitrogen and oxygen atoms in total. The number of nitrogens with one attached hydrogen (secondary N) is 1. The number of ether oxygens (including phenoxy) is 1. The van der Waals surface area contributed by atoms with Crippen LogP contribution >= 0.6 is 0 Å². The number of aromatic nitrogens is 2. The predicted molar refractivity (Wildman–Crippen MR) is 129 cm³/mol. The van der Waals surface area contributed by atoms with Crippen molar-refractivity contribution in [2.75, 3.05) is 48.4 Å². The van der Waals surface area contributed by atoms with Crippen LogP contribution in [0.1, 0.15) is 45.1 Å². The molecule has 0 bridgehead atoms. The van der Waals surface area contributed by atoms with Gasteiger partial charge in [-0.2, -0.15) is 4.98 Å². The van der Waals surface area contributed by atoms with E-state index in [9.17, 15) is 14.3 Å². The second-order valence-electron chi connectivity index (χ2n) is 8.65. The van der Waals surface area contributed by atoms with Gasteiger partial charge in [0.15, 0.2) is 11.6 Å². The lowest BCUT2D eigenvalue weighted by molar-refractivity contribution is 0.249. The van der Waals surface area contributed by atoms with E-state index in [0.717, 1.165) is 57.4 Å². The Labute approximate surface area is 199 Å². The summed E-state index contributed by atoms with van der Waals surface area (Å²) in [6, 6.07) is 2.25. The number of benzene rings is 1. The first-order chi connectivity index (χ1) is 16.5. The molecule has 184 valence electrons. The molecule has 2 aromatic rings. The number of halogens is 1. The van der Waals surface area contributed by atoms with Gasteiger partial charge < -0.3 is 20.1 Å². The van der Waals surface area contributed by atoms with Crippen molar-refractivity contribution in [1.82, 2.24) is 14.9 Å². The summed E-state index contributed by atoms with van der Waals surface area (Å²) in [6.45, 7) is 8.36. The van der Waals surface area contributed by atoms with Crippen LogP contribution in [0.3, 0.4) is 0 Å². The lowest BCUT2D eigenvalue weighted by atomic mass is 10.1. The summed E-state index contributed by atoms with van der Waals surface area (Å²) in [5, 5.41) is 13.3. The molecule has 0 radical (unpaired) electrons. The number of hydrogen-bond acceptors (Lipinski definition) is 7. The molecule has 2 aliphatic rings. The number of hydrogen-bond donors (Lipinski definition) is 2. The van der Waals surface area contributed by atoms with E-state index in [1.54, 1.807) is 11.1 Å². The van der Waals surface area contributed by atoms with Crippen molar-refractivity contribution >= 4 is 23.5 Å². The Hall–Kier alpha value is -3.14. The fourth-order valence-corrected chi connectivity index (χ4v) is 4.20. The number of nitrogens with zero attached hydrogens (tertiary/aromatic N) is 5. The minimum Gasteiger partial charge on any atom is -0.505 e. The van der Waals surface area contributed by atoms with E-state index in [4.69, 9.17) is 4.74 Å². The molecule has 1 aliphatic heterocycles. The number of unbranched alkanes of at least 4 members (excludes halogenated alkanes) is 1. The number of phenols is 1. The standard InChI is InChI=1S/C24H33FN6O3/c1-4-29(5-2)11-7-6-10-26-23-27-14-16-15-30(19-12-18(34-3)13-20(32)21(19)25)24(33)31(17-8-9-17)22(16)28-23/h12-14,17,32H,4-11,15H2,1-3H3,(H,26,27,28). The molecule has 0 spiro atoms. The van der Waals surface area contributed by atoms with Gasteiger partial charge in [-0.05, 0) is 45.3 Å². The van der Waals surface area contributed by atoms with Gasteiger partial charge in [0, 0.05) is 36.5 Å². The first kappa shape index (κ1) is 24.0. The lowest BCUT2D eigenvalue weighted by Crippen LogP contribution is -2.49. The molecule has 2 amide bonds. The number of methoxy groups -OCH3 is 1. The van der Waals surface area contributed by atoms with Gasteiger partial charge in [0.05, 0.1) is 19.3 Å². The van der Waals surface area contributed by atoms with Crippen molar-refractivity contribution in [1.29, 1.82) is 0 Å². The summed E-state index contributed by atoms with van der Waals surface area (Å²) in [5.41, 5.74) is 0.689. The molecule has 34 heavy (non-hydrogen) atoms. The molecule has 1 aromatic heterocycles. The summed E-state index contributed by atoms with van der Waals surface area (Å²) in [5.74, 6) is -0.113. The Balaban J connectivity index is 1.51. The molecule has 0 atom stereocenters. The molecule has 4 rings (SSSR count). The number of fused-ring (bicyclic) bond motifs is 1. The van der Waals surface area contributed by atoms with Crippen LogP contribution in [0.2, 0.25) is 0 Å². The third-order valence-electron chi connectivity index (χ3n) is 6.36. The summed E-state index contributed by atoms with van der Waals surface area (Å²) >= 11 is 0. The van der Waals surface area contributed by atoms with Crippen LogP contribution in [0.25, 0.3) is 0 Å². The van der Waals surface area contributed by atoms with Gasteiger partial charge >= 0.3 is 6.03 Å². The van der Waals surface area contributed by atoms with Gasteiger partial charge in [0.25, 0.3) is 0 Å². The van der Waals surface area contributed by atoms with E-state index >= 15 is 0 Å². The Morgan fingerprint density at radius 3 is 2.71 bits per heavy atom. The van der Waals surface area contributed by atoms with E-state index in [1.165, 1.54) is 24.1 Å². The summed E-state index contributed by atoms with van der Waals surface area (Å²) in [7, 11) is 1.42. The maximum absolute atomic E-state index is 14.8. The maximum atomic E-state index is 14.8. The van der Waals surface area contributed by atoms with Crippen LogP contribution in [0.5, 0.6) is 11.5 Å². The molecule has 10 heteroatoms. The van der Waals surface area contributed by atoms with E-state index in [1.807, 2.05) is 0 Å². The Morgan fingerprint density at radius 1 is 1.26 bits per heavy atom. The lowest BCUT2D eigenvalue weighted by Gasteiger charge is -2.36. The third kappa shape index (κ3) is 5.01. The third-order valence-corrected chi connectivity index (χ3v) is 6.36. The van der Waals surface area contributed by atoms with Crippen LogP contribution in [0, 0.1) is 5.82 Å². The predicted octanol–water partition coefficient (Wildman–Crippen LogP) is 3.97. The largest absolute Gasteiger partial charge is 0.505 e. The number of carbonyl (C=O) groups is 1. The second-order valence-corrected chi connectivity index (χ2v) is 8.65. The number of urea groups is 1. The molecule has 2 heterocycles. The van der Waals surface area contributed by atoms with E-state index < -0.39 is 11.6 Å². The highest BCUT2D eigenvalue weighted by molar-refractivity contribution is 6.06. The van der Waals surface area contributed by atoms with Crippen molar-refractivity contribution in [2.45, 2.75) is 52.1 Å². The van der Waals surface area contributed by atoms with E-state index in [2.05, 4.69) is 34.0 Å². The fourth-order valence-electron chi connectivity index (χ4n) is 4.20. The van der Waals surface area contributed by atoms with Crippen molar-refractivity contribution in [3.63, 3.8) is 0 Å². The van der Waals surface area contributed by atoms with E-state index in [-0.39, 0.29) is 30.1 Å². The summed E-state index contributed by atoms with van der Waals surface area (Å²) < 4.78 is 20.0. The van der Waals surface area contributed by atoms with Crippen molar-refractivity contribution in [3.8, 4) is 11.5 Å². The number of carbonyl (C=O) groups excluding carboxylic acids is 1. The number of phenolic OH excluding ortho intramolecular Hbond substituents is 1. The first-order valence-corrected chi connectivity index (χ1v) is 12.0. The minimum atomic E-state index is -0.864. The van der Waals surface area contributed by atoms with Crippen molar-refractivity contribution < 1.29 is 19.0 Å². The molecule has 1 aliphatic carbocycles. The SMILES string of the molecule is CCN(CC)CCCCNc1ncc2c(n1)N(C1CC1)C(=O)N(c1cc(OC)cc(O)c1F)C2. The summed E-state index contributed by atoms with van der Waals surface area (Å²) in [6.07, 6.45) is 5.49. The smallest absolute Gasteiger partial charge is 0.330 e. The molecule has 0 unspecified atom stereocenters. The second kappa shape index (κ2) is 10.4. The molecule has 1 aromatic carbocycles. The van der Waals surface area contributed by atoms with Gasteiger partial charge in [0.1, 0.15) is 11.6 Å². The average molecular weight is 473 g/mol. The molecular formula is C24H33FN6O3. The monoisotopic (exact) mass is 472 g/mol. The normalized spacial score (nSPS) is 15.6. The molecule has 0 saturated heterocycles. The van der Waals surface area contributed by atoms with Crippen LogP contribution in [0.15, 0.2) is 18.3 Å². The van der Waals surface area contributed by atoms with Crippen LogP contribution in [-0.2, 0) is 6.54 Å². The first-order valence-electron chi connectivity index (χ1n) is 12.0. The molecule has 1 saturated carbocycles. The maximum Gasteiger partial charge on any atom is 0.330 e. The Morgan fingerprint density at radius 2 is 2.03 bits per heavy atom. The minimum absolute atomic E-state index is 0.0214. The van der Waals surface area contributed by atoms with Gasteiger partial charge in [-0.1, -0.05) is 13.8 Å². The van der Waals surface area contributed by atoms with Gasteiger partial charge in [-0.3, -0.25) is 9.80 Å². The quantitative estimate of drug-likeness (QED) is 0.478. The number of aromatic hydroxyl groups is 1. The van der Waals surface area contributed by atoms with Crippen molar-refractivity contribution in [2.24, 2.45) is 0 Å².